The molecule has 3 N–H and O–H groups in total. The number of halogens is 1. The molecule has 0 saturated carbocycles. The largest absolute Gasteiger partial charge is 0.497 e. The van der Waals surface area contributed by atoms with Gasteiger partial charge in [-0.05, 0) is 29.8 Å². The summed E-state index contributed by atoms with van der Waals surface area (Å²) in [7, 11) is 1.56. The Labute approximate surface area is 139 Å². The molecule has 0 fully saturated rings. The van der Waals surface area contributed by atoms with Crippen molar-refractivity contribution in [2.45, 2.75) is 12.5 Å². The number of hydrogen-bond acceptors (Lipinski definition) is 3. The van der Waals surface area contributed by atoms with E-state index < -0.39 is 17.9 Å². The molecular formula is C17H17ClN2O3. The molecule has 23 heavy (non-hydrogen) atoms. The number of benzene rings is 2. The minimum Gasteiger partial charge on any atom is -0.497 e. The average Bonchev–Trinajstić information content (AvgIpc) is 2.54. The van der Waals surface area contributed by atoms with Gasteiger partial charge in [0.25, 0.3) is 5.91 Å². The molecule has 2 aromatic carbocycles. The number of hydrogen-bond donors (Lipinski definition) is 2. The van der Waals surface area contributed by atoms with E-state index in [1.54, 1.807) is 43.5 Å². The first-order valence-corrected chi connectivity index (χ1v) is 7.36. The Morgan fingerprint density at radius 1 is 1.22 bits per heavy atom. The van der Waals surface area contributed by atoms with Gasteiger partial charge in [0.2, 0.25) is 5.91 Å². The summed E-state index contributed by atoms with van der Waals surface area (Å²) in [6, 6.07) is 13.0. The number of ether oxygens (including phenoxy) is 1. The molecule has 0 radical (unpaired) electrons. The van der Waals surface area contributed by atoms with E-state index in [1.165, 1.54) is 0 Å². The molecule has 0 saturated heterocycles. The van der Waals surface area contributed by atoms with Gasteiger partial charge in [0.1, 0.15) is 11.8 Å². The van der Waals surface area contributed by atoms with Gasteiger partial charge in [0.05, 0.1) is 17.7 Å². The van der Waals surface area contributed by atoms with Crippen LogP contribution >= 0.6 is 11.6 Å². The summed E-state index contributed by atoms with van der Waals surface area (Å²) in [6.07, 6.45) is 0.267. The van der Waals surface area contributed by atoms with Gasteiger partial charge in [-0.2, -0.15) is 0 Å². The lowest BCUT2D eigenvalue weighted by Gasteiger charge is -2.16. The lowest BCUT2D eigenvalue weighted by molar-refractivity contribution is -0.119. The van der Waals surface area contributed by atoms with Crippen molar-refractivity contribution in [2.75, 3.05) is 7.11 Å². The van der Waals surface area contributed by atoms with Crippen molar-refractivity contribution in [3.05, 3.63) is 64.7 Å². The predicted molar refractivity (Wildman–Crippen MR) is 88.6 cm³/mol. The van der Waals surface area contributed by atoms with Crippen LogP contribution in [0.15, 0.2) is 48.5 Å². The molecule has 0 aliphatic carbocycles. The number of nitrogens with two attached hydrogens (primary N) is 1. The van der Waals surface area contributed by atoms with Crippen molar-refractivity contribution in [3.63, 3.8) is 0 Å². The lowest BCUT2D eigenvalue weighted by Crippen LogP contribution is -2.45. The fraction of sp³-hybridized carbons (Fsp3) is 0.176. The highest BCUT2D eigenvalue weighted by Gasteiger charge is 2.20. The van der Waals surface area contributed by atoms with Crippen molar-refractivity contribution in [1.82, 2.24) is 5.32 Å². The normalized spacial score (nSPS) is 11.6. The zero-order valence-electron chi connectivity index (χ0n) is 12.6. The summed E-state index contributed by atoms with van der Waals surface area (Å²) in [5.41, 5.74) is 6.53. The fourth-order valence-electron chi connectivity index (χ4n) is 2.14. The number of methoxy groups -OCH3 is 1. The Morgan fingerprint density at radius 2 is 1.96 bits per heavy atom. The van der Waals surface area contributed by atoms with E-state index in [9.17, 15) is 9.59 Å². The Hall–Kier alpha value is -2.53. The molecule has 0 aromatic heterocycles. The quantitative estimate of drug-likeness (QED) is 0.850. The van der Waals surface area contributed by atoms with Crippen molar-refractivity contribution in [2.24, 2.45) is 5.73 Å². The van der Waals surface area contributed by atoms with Gasteiger partial charge < -0.3 is 15.8 Å². The predicted octanol–water partition coefficient (Wildman–Crippen LogP) is 2.17. The Morgan fingerprint density at radius 3 is 2.61 bits per heavy atom. The number of rotatable bonds is 6. The Balaban J connectivity index is 2.14. The van der Waals surface area contributed by atoms with E-state index in [0.717, 1.165) is 5.56 Å². The van der Waals surface area contributed by atoms with Crippen LogP contribution in [0.2, 0.25) is 5.02 Å². The molecule has 2 rings (SSSR count). The molecule has 0 spiro atoms. The highest BCUT2D eigenvalue weighted by Crippen LogP contribution is 2.16. The Bertz CT molecular complexity index is 718. The third-order valence-corrected chi connectivity index (χ3v) is 3.67. The monoisotopic (exact) mass is 332 g/mol. The summed E-state index contributed by atoms with van der Waals surface area (Å²) >= 11 is 5.99. The van der Waals surface area contributed by atoms with Crippen molar-refractivity contribution >= 4 is 23.4 Å². The summed E-state index contributed by atoms with van der Waals surface area (Å²) in [6.45, 7) is 0. The topological polar surface area (TPSA) is 81.4 Å². The molecule has 1 atom stereocenters. The maximum Gasteiger partial charge on any atom is 0.253 e. The van der Waals surface area contributed by atoms with Crippen molar-refractivity contribution in [3.8, 4) is 5.75 Å². The zero-order chi connectivity index (χ0) is 16.8. The number of carbonyl (C=O) groups excluding carboxylic acids is 2. The number of nitrogens with one attached hydrogen (secondary N) is 1. The lowest BCUT2D eigenvalue weighted by atomic mass is 10.0. The molecule has 2 aromatic rings. The van der Waals surface area contributed by atoms with Crippen LogP contribution in [0.3, 0.4) is 0 Å². The second-order valence-corrected chi connectivity index (χ2v) is 5.37. The van der Waals surface area contributed by atoms with Gasteiger partial charge in [0, 0.05) is 6.42 Å². The zero-order valence-corrected chi connectivity index (χ0v) is 13.3. The van der Waals surface area contributed by atoms with Crippen LogP contribution in [0.4, 0.5) is 0 Å². The molecule has 0 bridgehead atoms. The molecule has 0 heterocycles. The van der Waals surface area contributed by atoms with Crippen LogP contribution in [0.1, 0.15) is 15.9 Å². The van der Waals surface area contributed by atoms with E-state index in [2.05, 4.69) is 5.32 Å². The third-order valence-electron chi connectivity index (χ3n) is 3.34. The molecule has 5 nitrogen and oxygen atoms in total. The highest BCUT2D eigenvalue weighted by molar-refractivity contribution is 6.33. The molecule has 0 aliphatic rings. The minimum atomic E-state index is -0.842. The standard InChI is InChI=1S/C17H17ClN2O3/c1-23-12-6-4-5-11(9-12)10-15(16(19)21)20-17(22)13-7-2-3-8-14(13)18/h2-9,15H,10H2,1H3,(H2,19,21)(H,20,22)/t15-/m1/s1. The Kier molecular flexibility index (Phi) is 5.60. The molecular weight excluding hydrogens is 316 g/mol. The first-order valence-electron chi connectivity index (χ1n) is 6.99. The number of amides is 2. The summed E-state index contributed by atoms with van der Waals surface area (Å²) < 4.78 is 5.14. The number of primary amides is 1. The van der Waals surface area contributed by atoms with Crippen LogP contribution in [-0.4, -0.2) is 25.0 Å². The van der Waals surface area contributed by atoms with Crippen molar-refractivity contribution < 1.29 is 14.3 Å². The van der Waals surface area contributed by atoms with E-state index in [1.807, 2.05) is 12.1 Å². The smallest absolute Gasteiger partial charge is 0.253 e. The summed E-state index contributed by atoms with van der Waals surface area (Å²) in [4.78, 5) is 23.9. The molecule has 6 heteroatoms. The molecule has 120 valence electrons. The van der Waals surface area contributed by atoms with Crippen LogP contribution in [0.5, 0.6) is 5.75 Å². The minimum absolute atomic E-state index is 0.267. The first-order chi connectivity index (χ1) is 11.0. The van der Waals surface area contributed by atoms with E-state index in [4.69, 9.17) is 22.1 Å². The molecule has 2 amide bonds. The summed E-state index contributed by atoms with van der Waals surface area (Å²) in [5, 5.41) is 2.94. The van der Waals surface area contributed by atoms with Gasteiger partial charge in [-0.1, -0.05) is 35.9 Å². The van der Waals surface area contributed by atoms with E-state index in [-0.39, 0.29) is 6.42 Å². The van der Waals surface area contributed by atoms with E-state index in [0.29, 0.717) is 16.3 Å². The van der Waals surface area contributed by atoms with Gasteiger partial charge in [-0.3, -0.25) is 9.59 Å². The van der Waals surface area contributed by atoms with E-state index >= 15 is 0 Å². The molecule has 0 aliphatic heterocycles. The summed E-state index contributed by atoms with van der Waals surface area (Å²) in [5.74, 6) is -0.390. The highest BCUT2D eigenvalue weighted by atomic mass is 35.5. The number of carbonyl (C=O) groups is 2. The van der Waals surface area contributed by atoms with Crippen LogP contribution < -0.4 is 15.8 Å². The van der Waals surface area contributed by atoms with Crippen molar-refractivity contribution in [1.29, 1.82) is 0 Å². The van der Waals surface area contributed by atoms with Gasteiger partial charge in [-0.25, -0.2) is 0 Å². The van der Waals surface area contributed by atoms with Gasteiger partial charge in [0.15, 0.2) is 0 Å². The van der Waals surface area contributed by atoms with Crippen LogP contribution in [0, 0.1) is 0 Å². The second kappa shape index (κ2) is 7.65. The SMILES string of the molecule is COc1cccc(C[C@@H](NC(=O)c2ccccc2Cl)C(N)=O)c1. The third kappa shape index (κ3) is 4.47. The van der Waals surface area contributed by atoms with Gasteiger partial charge >= 0.3 is 0 Å². The average molecular weight is 333 g/mol. The maximum atomic E-state index is 12.3. The molecule has 0 unspecified atom stereocenters. The fourth-order valence-corrected chi connectivity index (χ4v) is 2.36. The van der Waals surface area contributed by atoms with Gasteiger partial charge in [-0.15, -0.1) is 0 Å². The van der Waals surface area contributed by atoms with Crippen LogP contribution in [-0.2, 0) is 11.2 Å². The second-order valence-electron chi connectivity index (χ2n) is 4.96. The van der Waals surface area contributed by atoms with Crippen LogP contribution in [0.25, 0.3) is 0 Å². The first kappa shape index (κ1) is 16.8. The maximum absolute atomic E-state index is 12.3.